The van der Waals surface area contributed by atoms with Crippen LogP contribution in [0.3, 0.4) is 0 Å². The minimum absolute atomic E-state index is 0.245. The number of pyridine rings is 1. The van der Waals surface area contributed by atoms with Crippen LogP contribution >= 0.6 is 0 Å². The van der Waals surface area contributed by atoms with E-state index in [1.807, 2.05) is 54.7 Å². The SMILES string of the molecule is N=C1C=CC(c2c3ccccc3c(-c3ccc4ccccc4c3)c3ccccc23)=CC1=N.Nc1ccc(-c2cccnc2)cc1. The van der Waals surface area contributed by atoms with Crippen LogP contribution < -0.4 is 5.73 Å². The van der Waals surface area contributed by atoms with Crippen molar-refractivity contribution in [3.63, 3.8) is 0 Å². The molecule has 4 N–H and O–H groups in total. The van der Waals surface area contributed by atoms with E-state index in [4.69, 9.17) is 16.6 Å². The quantitative estimate of drug-likeness (QED) is 0.111. The monoisotopic (exact) mass is 578 g/mol. The van der Waals surface area contributed by atoms with Crippen molar-refractivity contribution in [3.05, 3.63) is 164 Å². The maximum atomic E-state index is 8.19. The smallest absolute Gasteiger partial charge is 0.0795 e. The number of fused-ring (bicyclic) bond motifs is 3. The highest BCUT2D eigenvalue weighted by Gasteiger charge is 2.18. The van der Waals surface area contributed by atoms with Gasteiger partial charge in [-0.1, -0.05) is 109 Å². The van der Waals surface area contributed by atoms with Crippen LogP contribution in [0.15, 0.2) is 158 Å². The molecule has 0 aliphatic heterocycles. The van der Waals surface area contributed by atoms with E-state index in [9.17, 15) is 0 Å². The molecular formula is C41H30N4. The van der Waals surface area contributed by atoms with Gasteiger partial charge in [-0.2, -0.15) is 0 Å². The first-order valence-corrected chi connectivity index (χ1v) is 14.8. The summed E-state index contributed by atoms with van der Waals surface area (Å²) in [6.45, 7) is 0. The lowest BCUT2D eigenvalue weighted by atomic mass is 9.84. The van der Waals surface area contributed by atoms with E-state index in [-0.39, 0.29) is 11.4 Å². The van der Waals surface area contributed by atoms with E-state index in [1.54, 1.807) is 12.3 Å². The summed E-state index contributed by atoms with van der Waals surface area (Å²) in [7, 11) is 0. The molecule has 4 heteroatoms. The van der Waals surface area contributed by atoms with Crippen LogP contribution in [0.25, 0.3) is 60.1 Å². The van der Waals surface area contributed by atoms with E-state index in [2.05, 4.69) is 96.0 Å². The number of hydrogen-bond acceptors (Lipinski definition) is 4. The summed E-state index contributed by atoms with van der Waals surface area (Å²) >= 11 is 0. The van der Waals surface area contributed by atoms with E-state index >= 15 is 0 Å². The zero-order chi connectivity index (χ0) is 30.8. The highest BCUT2D eigenvalue weighted by molar-refractivity contribution is 6.50. The average molecular weight is 579 g/mol. The third-order valence-corrected chi connectivity index (χ3v) is 8.18. The first-order chi connectivity index (χ1) is 22.1. The van der Waals surface area contributed by atoms with Crippen LogP contribution in [0.1, 0.15) is 5.56 Å². The van der Waals surface area contributed by atoms with Gasteiger partial charge in [0.2, 0.25) is 0 Å². The van der Waals surface area contributed by atoms with Gasteiger partial charge in [-0.3, -0.25) is 15.8 Å². The summed E-state index contributed by atoms with van der Waals surface area (Å²) in [6, 6.07) is 43.9. The van der Waals surface area contributed by atoms with E-state index < -0.39 is 0 Å². The Morgan fingerprint density at radius 1 is 0.489 bits per heavy atom. The maximum Gasteiger partial charge on any atom is 0.0795 e. The predicted molar refractivity (Wildman–Crippen MR) is 191 cm³/mol. The number of benzene rings is 6. The van der Waals surface area contributed by atoms with Crippen molar-refractivity contribution in [2.75, 3.05) is 5.73 Å². The van der Waals surface area contributed by atoms with E-state index in [0.29, 0.717) is 0 Å². The lowest BCUT2D eigenvalue weighted by Gasteiger charge is -2.19. The zero-order valence-electron chi connectivity index (χ0n) is 24.5. The van der Waals surface area contributed by atoms with Gasteiger partial charge in [0, 0.05) is 18.1 Å². The Balaban J connectivity index is 0.000000209. The first kappa shape index (κ1) is 27.7. The molecule has 7 aromatic rings. The second-order valence-corrected chi connectivity index (χ2v) is 11.0. The summed E-state index contributed by atoms with van der Waals surface area (Å²) in [4.78, 5) is 4.05. The molecule has 0 radical (unpaired) electrons. The molecule has 1 aliphatic rings. The third kappa shape index (κ3) is 5.41. The van der Waals surface area contributed by atoms with Crippen molar-refractivity contribution in [1.82, 2.24) is 4.98 Å². The fourth-order valence-electron chi connectivity index (χ4n) is 6.00. The van der Waals surface area contributed by atoms with Crippen molar-refractivity contribution in [2.24, 2.45) is 0 Å². The normalized spacial score (nSPS) is 12.7. The molecule has 0 bridgehead atoms. The minimum atomic E-state index is 0.245. The van der Waals surface area contributed by atoms with Gasteiger partial charge in [-0.25, -0.2) is 0 Å². The molecule has 0 saturated carbocycles. The summed E-state index contributed by atoms with van der Waals surface area (Å²) in [5.41, 5.74) is 13.6. The third-order valence-electron chi connectivity index (χ3n) is 8.18. The number of rotatable bonds is 3. The Labute approximate surface area is 261 Å². The van der Waals surface area contributed by atoms with Crippen LogP contribution in [0.5, 0.6) is 0 Å². The Kier molecular flexibility index (Phi) is 7.30. The minimum Gasteiger partial charge on any atom is -0.399 e. The van der Waals surface area contributed by atoms with Crippen molar-refractivity contribution in [3.8, 4) is 22.3 Å². The summed E-state index contributed by atoms with van der Waals surface area (Å²) < 4.78 is 0. The van der Waals surface area contributed by atoms with Crippen molar-refractivity contribution in [2.45, 2.75) is 0 Å². The number of nitrogen functional groups attached to an aromatic ring is 1. The summed E-state index contributed by atoms with van der Waals surface area (Å²) in [5.74, 6) is 0. The number of nitrogens with zero attached hydrogens (tertiary/aromatic N) is 1. The molecule has 1 heterocycles. The number of nitrogens with one attached hydrogen (secondary N) is 2. The van der Waals surface area contributed by atoms with Gasteiger partial charge in [-0.15, -0.1) is 0 Å². The molecule has 8 rings (SSSR count). The largest absolute Gasteiger partial charge is 0.399 e. The van der Waals surface area contributed by atoms with Crippen molar-refractivity contribution < 1.29 is 0 Å². The number of hydrogen-bond donors (Lipinski definition) is 3. The van der Waals surface area contributed by atoms with Crippen molar-refractivity contribution >= 4 is 55.0 Å². The predicted octanol–water partition coefficient (Wildman–Crippen LogP) is 10.1. The number of nitrogens with two attached hydrogens (primary N) is 1. The van der Waals surface area contributed by atoms with Gasteiger partial charge in [0.1, 0.15) is 0 Å². The lowest BCUT2D eigenvalue weighted by molar-refractivity contribution is 1.33. The molecule has 1 aromatic heterocycles. The lowest BCUT2D eigenvalue weighted by Crippen LogP contribution is -2.10. The highest BCUT2D eigenvalue weighted by atomic mass is 14.6. The van der Waals surface area contributed by atoms with Crippen LogP contribution in [0.2, 0.25) is 0 Å². The Hall–Kier alpha value is -6.13. The Bertz CT molecular complexity index is 2240. The first-order valence-electron chi connectivity index (χ1n) is 14.8. The summed E-state index contributed by atoms with van der Waals surface area (Å²) in [5, 5.41) is 23.3. The fourth-order valence-corrected chi connectivity index (χ4v) is 6.00. The van der Waals surface area contributed by atoms with Gasteiger partial charge in [0.15, 0.2) is 0 Å². The molecule has 45 heavy (non-hydrogen) atoms. The molecule has 0 fully saturated rings. The molecule has 0 atom stereocenters. The van der Waals surface area contributed by atoms with Gasteiger partial charge in [0.05, 0.1) is 11.4 Å². The van der Waals surface area contributed by atoms with Crippen LogP contribution in [-0.2, 0) is 0 Å². The molecule has 0 amide bonds. The van der Waals surface area contributed by atoms with Gasteiger partial charge < -0.3 is 5.73 Å². The molecule has 0 saturated heterocycles. The highest BCUT2D eigenvalue weighted by Crippen LogP contribution is 2.43. The van der Waals surface area contributed by atoms with Crippen LogP contribution in [-0.4, -0.2) is 16.4 Å². The second-order valence-electron chi connectivity index (χ2n) is 11.0. The summed E-state index contributed by atoms with van der Waals surface area (Å²) in [6.07, 6.45) is 9.10. The Morgan fingerprint density at radius 3 is 1.71 bits per heavy atom. The van der Waals surface area contributed by atoms with Gasteiger partial charge in [-0.05, 0) is 102 Å². The van der Waals surface area contributed by atoms with Crippen LogP contribution in [0.4, 0.5) is 5.69 Å². The molecule has 1 aliphatic carbocycles. The van der Waals surface area contributed by atoms with E-state index in [1.165, 1.54) is 32.7 Å². The average Bonchev–Trinajstić information content (AvgIpc) is 3.09. The molecule has 4 nitrogen and oxygen atoms in total. The van der Waals surface area contributed by atoms with Gasteiger partial charge >= 0.3 is 0 Å². The molecule has 0 unspecified atom stereocenters. The van der Waals surface area contributed by atoms with Crippen LogP contribution in [0, 0.1) is 10.8 Å². The number of allylic oxidation sites excluding steroid dienone is 4. The number of aromatic nitrogens is 1. The van der Waals surface area contributed by atoms with Gasteiger partial charge in [0.25, 0.3) is 0 Å². The molecule has 0 spiro atoms. The maximum absolute atomic E-state index is 8.19. The molecule has 6 aromatic carbocycles. The molecular weight excluding hydrogens is 548 g/mol. The second kappa shape index (κ2) is 11.9. The standard InChI is InChI=1S/C30H20N2.C11H10N2/c31-27-16-15-22(18-28(27)32)30-25-11-5-3-9-23(25)29(24-10-4-6-12-26(24)30)21-14-13-19-7-1-2-8-20(19)17-21;12-11-5-3-9(4-6-11)10-2-1-7-13-8-10/h1-18,31-32H;1-8H,12H2. The van der Waals surface area contributed by atoms with Crippen molar-refractivity contribution in [1.29, 1.82) is 10.8 Å². The van der Waals surface area contributed by atoms with E-state index in [0.717, 1.165) is 38.7 Å². The zero-order valence-corrected chi connectivity index (χ0v) is 24.5. The fraction of sp³-hybridized carbons (Fsp3) is 0. The topological polar surface area (TPSA) is 86.6 Å². The molecule has 214 valence electrons. The Morgan fingerprint density at radius 2 is 1.09 bits per heavy atom. The number of anilines is 1.